The molecule has 0 saturated heterocycles. The standard InChI is InChI=1S/C8H15ClO2/c1-6(2)4-7(3)8(10)11-5-9/h6-7H,4-5H2,1-3H3. The molecule has 0 aliphatic carbocycles. The molecule has 0 fully saturated rings. The Morgan fingerprint density at radius 2 is 2.00 bits per heavy atom. The van der Waals surface area contributed by atoms with Crippen LogP contribution >= 0.6 is 11.6 Å². The molecule has 0 aromatic rings. The highest BCUT2D eigenvalue weighted by atomic mass is 35.5. The molecule has 0 aromatic carbocycles. The summed E-state index contributed by atoms with van der Waals surface area (Å²) in [6, 6.07) is -0.0404. The molecule has 0 aliphatic rings. The van der Waals surface area contributed by atoms with Gasteiger partial charge in [-0.2, -0.15) is 0 Å². The summed E-state index contributed by atoms with van der Waals surface area (Å²) in [6.07, 6.45) is 0.857. The molecule has 0 aromatic heterocycles. The van der Waals surface area contributed by atoms with Crippen LogP contribution in [0, 0.1) is 11.8 Å². The smallest absolute Gasteiger partial charge is 0.309 e. The van der Waals surface area contributed by atoms with Crippen LogP contribution in [0.1, 0.15) is 27.2 Å². The molecule has 0 radical (unpaired) electrons. The molecule has 0 spiro atoms. The zero-order valence-corrected chi connectivity index (χ0v) is 8.02. The minimum absolute atomic E-state index is 0.0336. The van der Waals surface area contributed by atoms with E-state index in [1.54, 1.807) is 0 Å². The first-order valence-corrected chi connectivity index (χ1v) is 4.34. The second-order valence-electron chi connectivity index (χ2n) is 3.10. The summed E-state index contributed by atoms with van der Waals surface area (Å²) in [5, 5.41) is 0. The van der Waals surface area contributed by atoms with Crippen molar-refractivity contribution in [3.8, 4) is 0 Å². The third-order valence-electron chi connectivity index (χ3n) is 1.42. The average molecular weight is 179 g/mol. The molecule has 0 N–H and O–H groups in total. The second kappa shape index (κ2) is 5.42. The summed E-state index contributed by atoms with van der Waals surface area (Å²) < 4.78 is 4.63. The Labute approximate surface area is 72.9 Å². The Hall–Kier alpha value is -0.240. The van der Waals surface area contributed by atoms with E-state index < -0.39 is 0 Å². The summed E-state index contributed by atoms with van der Waals surface area (Å²) in [6.45, 7) is 6.00. The van der Waals surface area contributed by atoms with E-state index in [9.17, 15) is 4.79 Å². The maximum Gasteiger partial charge on any atom is 0.309 e. The van der Waals surface area contributed by atoms with Crippen molar-refractivity contribution >= 4 is 17.6 Å². The van der Waals surface area contributed by atoms with Gasteiger partial charge in [0.2, 0.25) is 0 Å². The zero-order chi connectivity index (χ0) is 8.85. The lowest BCUT2D eigenvalue weighted by Gasteiger charge is -2.11. The molecule has 0 bridgehead atoms. The molecule has 3 heteroatoms. The predicted molar refractivity (Wildman–Crippen MR) is 45.4 cm³/mol. The number of rotatable bonds is 4. The van der Waals surface area contributed by atoms with Crippen molar-refractivity contribution in [2.45, 2.75) is 27.2 Å². The predicted octanol–water partition coefficient (Wildman–Crippen LogP) is 2.41. The molecule has 0 rings (SSSR count). The number of hydrogen-bond acceptors (Lipinski definition) is 2. The fraction of sp³-hybridized carbons (Fsp3) is 0.875. The van der Waals surface area contributed by atoms with Gasteiger partial charge in [0.25, 0.3) is 0 Å². The molecule has 0 aliphatic heterocycles. The second-order valence-corrected chi connectivity index (χ2v) is 3.32. The highest BCUT2D eigenvalue weighted by Gasteiger charge is 2.14. The van der Waals surface area contributed by atoms with Crippen molar-refractivity contribution in [2.75, 3.05) is 6.07 Å². The van der Waals surface area contributed by atoms with Crippen molar-refractivity contribution in [1.82, 2.24) is 0 Å². The molecule has 0 saturated carbocycles. The van der Waals surface area contributed by atoms with Crippen LogP contribution in [-0.4, -0.2) is 12.0 Å². The van der Waals surface area contributed by atoms with Crippen molar-refractivity contribution in [3.05, 3.63) is 0 Å². The van der Waals surface area contributed by atoms with E-state index >= 15 is 0 Å². The number of ether oxygens (including phenoxy) is 1. The van der Waals surface area contributed by atoms with E-state index in [1.807, 2.05) is 6.92 Å². The maximum atomic E-state index is 11.0. The van der Waals surface area contributed by atoms with Gasteiger partial charge in [-0.1, -0.05) is 32.4 Å². The van der Waals surface area contributed by atoms with Gasteiger partial charge in [-0.3, -0.25) is 4.79 Å². The van der Waals surface area contributed by atoms with Crippen LogP contribution in [0.15, 0.2) is 0 Å². The van der Waals surface area contributed by atoms with Gasteiger partial charge in [-0.05, 0) is 12.3 Å². The minimum atomic E-state index is -0.200. The Bertz CT molecular complexity index is 123. The average Bonchev–Trinajstić information content (AvgIpc) is 1.86. The molecule has 0 amide bonds. The molecular formula is C8H15ClO2. The number of carbonyl (C=O) groups excluding carboxylic acids is 1. The first-order chi connectivity index (χ1) is 5.07. The van der Waals surface area contributed by atoms with E-state index in [4.69, 9.17) is 11.6 Å². The van der Waals surface area contributed by atoms with E-state index in [2.05, 4.69) is 18.6 Å². The maximum absolute atomic E-state index is 11.0. The minimum Gasteiger partial charge on any atom is -0.449 e. The van der Waals surface area contributed by atoms with Crippen LogP contribution in [0.5, 0.6) is 0 Å². The summed E-state index contributed by atoms with van der Waals surface area (Å²) in [7, 11) is 0. The summed E-state index contributed by atoms with van der Waals surface area (Å²) in [5.41, 5.74) is 0. The normalized spacial score (nSPS) is 13.2. The number of hydrogen-bond donors (Lipinski definition) is 0. The van der Waals surface area contributed by atoms with Gasteiger partial charge in [-0.25, -0.2) is 0 Å². The number of esters is 1. The lowest BCUT2D eigenvalue weighted by molar-refractivity contribution is -0.146. The fourth-order valence-electron chi connectivity index (χ4n) is 0.999. The van der Waals surface area contributed by atoms with Gasteiger partial charge in [0, 0.05) is 0 Å². The van der Waals surface area contributed by atoms with E-state index in [0.717, 1.165) is 6.42 Å². The van der Waals surface area contributed by atoms with Gasteiger partial charge in [0.1, 0.15) is 0 Å². The van der Waals surface area contributed by atoms with Crippen LogP contribution in [0.3, 0.4) is 0 Å². The quantitative estimate of drug-likeness (QED) is 0.488. The fourth-order valence-corrected chi connectivity index (χ4v) is 1.11. The molecular weight excluding hydrogens is 164 g/mol. The van der Waals surface area contributed by atoms with Crippen LogP contribution in [0.4, 0.5) is 0 Å². The van der Waals surface area contributed by atoms with E-state index in [-0.39, 0.29) is 18.0 Å². The molecule has 2 nitrogen and oxygen atoms in total. The number of carbonyl (C=O) groups is 1. The van der Waals surface area contributed by atoms with Crippen LogP contribution in [-0.2, 0) is 9.53 Å². The van der Waals surface area contributed by atoms with E-state index in [0.29, 0.717) is 5.92 Å². The van der Waals surface area contributed by atoms with Gasteiger partial charge in [-0.15, -0.1) is 0 Å². The van der Waals surface area contributed by atoms with Crippen LogP contribution in [0.2, 0.25) is 0 Å². The first-order valence-electron chi connectivity index (χ1n) is 3.80. The van der Waals surface area contributed by atoms with Crippen molar-refractivity contribution in [3.63, 3.8) is 0 Å². The molecule has 0 heterocycles. The first kappa shape index (κ1) is 10.8. The van der Waals surface area contributed by atoms with Gasteiger partial charge in [0.05, 0.1) is 5.92 Å². The SMILES string of the molecule is CC(C)CC(C)C(=O)OCCl. The third-order valence-corrected chi connectivity index (χ3v) is 1.53. The molecule has 11 heavy (non-hydrogen) atoms. The Balaban J connectivity index is 3.64. The van der Waals surface area contributed by atoms with Gasteiger partial charge in [0.15, 0.2) is 6.07 Å². The Kier molecular flexibility index (Phi) is 5.30. The number of alkyl halides is 1. The zero-order valence-electron chi connectivity index (χ0n) is 7.26. The van der Waals surface area contributed by atoms with Gasteiger partial charge >= 0.3 is 5.97 Å². The monoisotopic (exact) mass is 178 g/mol. The summed E-state index contributed by atoms with van der Waals surface area (Å²) in [5.74, 6) is 0.287. The number of halogens is 1. The van der Waals surface area contributed by atoms with Crippen molar-refractivity contribution in [2.24, 2.45) is 11.8 Å². The molecule has 66 valence electrons. The molecule has 1 atom stereocenters. The lowest BCUT2D eigenvalue weighted by Crippen LogP contribution is -2.15. The Morgan fingerprint density at radius 1 is 1.45 bits per heavy atom. The van der Waals surface area contributed by atoms with Crippen LogP contribution in [0.25, 0.3) is 0 Å². The van der Waals surface area contributed by atoms with E-state index in [1.165, 1.54) is 0 Å². The largest absolute Gasteiger partial charge is 0.449 e. The highest BCUT2D eigenvalue weighted by Crippen LogP contribution is 2.12. The Morgan fingerprint density at radius 3 is 2.36 bits per heavy atom. The van der Waals surface area contributed by atoms with Gasteiger partial charge < -0.3 is 4.74 Å². The third kappa shape index (κ3) is 5.08. The summed E-state index contributed by atoms with van der Waals surface area (Å²) >= 11 is 5.23. The van der Waals surface area contributed by atoms with Crippen molar-refractivity contribution in [1.29, 1.82) is 0 Å². The highest BCUT2D eigenvalue weighted by molar-refractivity contribution is 6.17. The molecule has 1 unspecified atom stereocenters. The topological polar surface area (TPSA) is 26.3 Å². The summed E-state index contributed by atoms with van der Waals surface area (Å²) in [4.78, 5) is 11.0. The lowest BCUT2D eigenvalue weighted by atomic mass is 9.99. The van der Waals surface area contributed by atoms with Crippen LogP contribution < -0.4 is 0 Å². The van der Waals surface area contributed by atoms with Crippen molar-refractivity contribution < 1.29 is 9.53 Å².